The lowest BCUT2D eigenvalue weighted by molar-refractivity contribution is -0.138. The van der Waals surface area contributed by atoms with E-state index < -0.39 is 28.8 Å². The Kier molecular flexibility index (Phi) is 8.20. The summed E-state index contributed by atoms with van der Waals surface area (Å²) in [6, 6.07) is 14.7. The van der Waals surface area contributed by atoms with E-state index in [1.165, 1.54) is 0 Å². The molecule has 0 bridgehead atoms. The number of methoxy groups -OCH3 is 1. The molecule has 0 amide bonds. The molecule has 220 valence electrons. The van der Waals surface area contributed by atoms with Crippen LogP contribution in [0.15, 0.2) is 58.1 Å². The first kappa shape index (κ1) is 29.1. The number of hydrogen-bond donors (Lipinski definition) is 3. The zero-order chi connectivity index (χ0) is 30.1. The van der Waals surface area contributed by atoms with Crippen LogP contribution in [0.4, 0.5) is 22.9 Å². The zero-order valence-corrected chi connectivity index (χ0v) is 24.7. The third kappa shape index (κ3) is 5.31. The number of aliphatic carboxylic acids is 1. The molecule has 5 rings (SSSR count). The van der Waals surface area contributed by atoms with Gasteiger partial charge in [0, 0.05) is 34.8 Å². The molecule has 3 N–H and O–H groups in total. The third-order valence-corrected chi connectivity index (χ3v) is 8.56. The number of nitrogens with zero attached hydrogens (tertiary/aromatic N) is 2. The van der Waals surface area contributed by atoms with Crippen molar-refractivity contribution in [3.63, 3.8) is 0 Å². The highest BCUT2D eigenvalue weighted by Crippen LogP contribution is 2.35. The molecule has 0 saturated carbocycles. The molecule has 0 aliphatic carbocycles. The fourth-order valence-electron chi connectivity index (χ4n) is 6.19. The van der Waals surface area contributed by atoms with Crippen molar-refractivity contribution < 1.29 is 14.6 Å². The van der Waals surface area contributed by atoms with E-state index in [0.717, 1.165) is 58.5 Å². The molecule has 9 nitrogen and oxygen atoms in total. The van der Waals surface area contributed by atoms with E-state index in [2.05, 4.69) is 23.6 Å². The molecule has 4 unspecified atom stereocenters. The van der Waals surface area contributed by atoms with Gasteiger partial charge in [-0.1, -0.05) is 26.0 Å². The fourth-order valence-corrected chi connectivity index (χ4v) is 6.19. The summed E-state index contributed by atoms with van der Waals surface area (Å²) < 4.78 is 5.39. The number of pyridine rings is 1. The Labute approximate surface area is 245 Å². The number of nitrogens with one attached hydrogen (secondary N) is 2. The molecule has 42 heavy (non-hydrogen) atoms. The fraction of sp³-hybridized carbons (Fsp3) is 0.394. The number of ether oxygens (including phenoxy) is 1. The molecule has 1 aromatic heterocycles. The van der Waals surface area contributed by atoms with Crippen LogP contribution in [0.25, 0.3) is 10.8 Å². The van der Waals surface area contributed by atoms with Gasteiger partial charge < -0.3 is 25.4 Å². The summed E-state index contributed by atoms with van der Waals surface area (Å²) in [7, 11) is 1.64. The number of carboxylic acids is 1. The van der Waals surface area contributed by atoms with Gasteiger partial charge in [-0.3, -0.25) is 9.59 Å². The number of benzene rings is 2. The van der Waals surface area contributed by atoms with Gasteiger partial charge in [0.05, 0.1) is 7.11 Å². The van der Waals surface area contributed by atoms with Gasteiger partial charge >= 0.3 is 5.97 Å². The summed E-state index contributed by atoms with van der Waals surface area (Å²) in [5.74, 6) is -0.00134. The van der Waals surface area contributed by atoms with Crippen molar-refractivity contribution in [2.45, 2.75) is 77.4 Å². The SMILES string of the molecule is CCc1cc2cc(OC)ccc2c(Nc2ccc(C(CC)C(Nc3c(N4C(C)CCC4C)c(=O)c3=O)C(=O)O)cc2)n1. The van der Waals surface area contributed by atoms with E-state index in [-0.39, 0.29) is 17.8 Å². The Morgan fingerprint density at radius 3 is 2.33 bits per heavy atom. The van der Waals surface area contributed by atoms with Crippen molar-refractivity contribution in [1.29, 1.82) is 0 Å². The summed E-state index contributed by atoms with van der Waals surface area (Å²) in [4.78, 5) is 44.5. The van der Waals surface area contributed by atoms with Crippen LogP contribution >= 0.6 is 0 Å². The molecule has 9 heteroatoms. The smallest absolute Gasteiger partial charge is 0.326 e. The van der Waals surface area contributed by atoms with Crippen LogP contribution in [0, 0.1) is 0 Å². The van der Waals surface area contributed by atoms with Gasteiger partial charge in [-0.05, 0) is 86.9 Å². The van der Waals surface area contributed by atoms with Crippen LogP contribution in [0.1, 0.15) is 64.1 Å². The molecular weight excluding hydrogens is 532 g/mol. The molecule has 1 fully saturated rings. The second-order valence-corrected chi connectivity index (χ2v) is 11.2. The van der Waals surface area contributed by atoms with E-state index in [4.69, 9.17) is 9.72 Å². The van der Waals surface area contributed by atoms with E-state index in [9.17, 15) is 19.5 Å². The third-order valence-electron chi connectivity index (χ3n) is 8.56. The highest BCUT2D eigenvalue weighted by Gasteiger charge is 2.38. The van der Waals surface area contributed by atoms with E-state index >= 15 is 0 Å². The lowest BCUT2D eigenvalue weighted by atomic mass is 9.88. The van der Waals surface area contributed by atoms with Gasteiger partial charge in [0.2, 0.25) is 0 Å². The minimum atomic E-state index is -1.08. The molecular formula is C33H38N4O5. The maximum Gasteiger partial charge on any atom is 0.326 e. The zero-order valence-electron chi connectivity index (χ0n) is 24.7. The summed E-state index contributed by atoms with van der Waals surface area (Å²) in [5, 5.41) is 18.6. The van der Waals surface area contributed by atoms with E-state index in [1.807, 2.05) is 68.1 Å². The van der Waals surface area contributed by atoms with Crippen LogP contribution in [0.5, 0.6) is 5.75 Å². The first-order valence-corrected chi connectivity index (χ1v) is 14.6. The highest BCUT2D eigenvalue weighted by atomic mass is 16.5. The Bertz CT molecular complexity index is 1660. The Morgan fingerprint density at radius 2 is 1.74 bits per heavy atom. The average molecular weight is 571 g/mol. The first-order chi connectivity index (χ1) is 20.2. The minimum absolute atomic E-state index is 0.112. The molecule has 3 aromatic carbocycles. The number of fused-ring (bicyclic) bond motifs is 1. The summed E-state index contributed by atoms with van der Waals surface area (Å²) in [6.45, 7) is 8.03. The van der Waals surface area contributed by atoms with Crippen molar-refractivity contribution in [3.8, 4) is 5.75 Å². The molecule has 1 aliphatic rings. The Balaban J connectivity index is 1.40. The van der Waals surface area contributed by atoms with Gasteiger partial charge in [0.1, 0.15) is 29.0 Å². The minimum Gasteiger partial charge on any atom is -0.497 e. The molecule has 1 aliphatic heterocycles. The lowest BCUT2D eigenvalue weighted by Gasteiger charge is -2.33. The Hall–Kier alpha value is -4.40. The maximum atomic E-state index is 12.6. The van der Waals surface area contributed by atoms with E-state index in [0.29, 0.717) is 12.1 Å². The van der Waals surface area contributed by atoms with Crippen LogP contribution in [-0.2, 0) is 11.2 Å². The monoisotopic (exact) mass is 570 g/mol. The molecule has 0 radical (unpaired) electrons. The molecule has 0 spiro atoms. The number of rotatable bonds is 11. The van der Waals surface area contributed by atoms with Gasteiger partial charge in [0.15, 0.2) is 0 Å². The van der Waals surface area contributed by atoms with Gasteiger partial charge in [-0.25, -0.2) is 9.78 Å². The number of aryl methyl sites for hydroxylation is 1. The highest BCUT2D eigenvalue weighted by molar-refractivity contribution is 5.94. The number of carboxylic acid groups (broad SMARTS) is 1. The molecule has 2 heterocycles. The molecule has 4 atom stereocenters. The number of anilines is 4. The van der Waals surface area contributed by atoms with Crippen LogP contribution in [0.3, 0.4) is 0 Å². The Morgan fingerprint density at radius 1 is 1.05 bits per heavy atom. The van der Waals surface area contributed by atoms with E-state index in [1.54, 1.807) is 7.11 Å². The number of aromatic nitrogens is 1. The van der Waals surface area contributed by atoms with Crippen molar-refractivity contribution in [2.75, 3.05) is 22.6 Å². The van der Waals surface area contributed by atoms with Gasteiger partial charge in [-0.15, -0.1) is 0 Å². The van der Waals surface area contributed by atoms with Crippen molar-refractivity contribution >= 4 is 39.6 Å². The lowest BCUT2D eigenvalue weighted by Crippen LogP contribution is -2.48. The first-order valence-electron chi connectivity index (χ1n) is 14.6. The maximum absolute atomic E-state index is 12.6. The van der Waals surface area contributed by atoms with Crippen molar-refractivity contribution in [2.24, 2.45) is 0 Å². The predicted molar refractivity (Wildman–Crippen MR) is 167 cm³/mol. The van der Waals surface area contributed by atoms with Crippen molar-refractivity contribution in [1.82, 2.24) is 4.98 Å². The molecule has 1 saturated heterocycles. The largest absolute Gasteiger partial charge is 0.497 e. The topological polar surface area (TPSA) is 121 Å². The quantitative estimate of drug-likeness (QED) is 0.198. The molecule has 4 aromatic rings. The summed E-state index contributed by atoms with van der Waals surface area (Å²) in [6.07, 6.45) is 3.14. The number of carbonyl (C=O) groups is 1. The van der Waals surface area contributed by atoms with Crippen LogP contribution < -0.4 is 31.1 Å². The van der Waals surface area contributed by atoms with Gasteiger partial charge in [-0.2, -0.15) is 0 Å². The second kappa shape index (κ2) is 11.8. The van der Waals surface area contributed by atoms with Crippen LogP contribution in [-0.4, -0.2) is 41.3 Å². The average Bonchev–Trinajstić information content (AvgIpc) is 3.32. The summed E-state index contributed by atoms with van der Waals surface area (Å²) in [5.41, 5.74) is 1.83. The van der Waals surface area contributed by atoms with Crippen LogP contribution in [0.2, 0.25) is 0 Å². The predicted octanol–water partition coefficient (Wildman–Crippen LogP) is 5.58. The van der Waals surface area contributed by atoms with Crippen molar-refractivity contribution in [3.05, 3.63) is 80.2 Å². The van der Waals surface area contributed by atoms with Gasteiger partial charge in [0.25, 0.3) is 10.9 Å². The standard InChI is InChI=1S/C33H38N4O5/c1-6-22-16-21-17-24(42-5)14-15-26(21)32(34-22)35-23-12-10-20(11-13-23)25(7-2)27(33(40)41)36-28-29(31(39)30(28)38)37-18(3)8-9-19(37)4/h10-19,25,27,36H,6-9H2,1-5H3,(H,34,35)(H,40,41). The number of hydrogen-bond acceptors (Lipinski definition) is 8. The normalized spacial score (nSPS) is 18.3. The second-order valence-electron chi connectivity index (χ2n) is 11.2. The summed E-state index contributed by atoms with van der Waals surface area (Å²) >= 11 is 0.